The van der Waals surface area contributed by atoms with E-state index in [-0.39, 0.29) is 17.6 Å². The van der Waals surface area contributed by atoms with Crippen LogP contribution in [0.4, 0.5) is 10.2 Å². The first-order chi connectivity index (χ1) is 16.4. The summed E-state index contributed by atoms with van der Waals surface area (Å²) in [4.78, 5) is 17.6. The lowest BCUT2D eigenvalue weighted by molar-refractivity contribution is -0.118. The summed E-state index contributed by atoms with van der Waals surface area (Å²) < 4.78 is 16.2. The van der Waals surface area contributed by atoms with Gasteiger partial charge < -0.3 is 10.6 Å². The van der Waals surface area contributed by atoms with Gasteiger partial charge in [0.2, 0.25) is 5.91 Å². The van der Waals surface area contributed by atoms with E-state index < -0.39 is 6.04 Å². The third-order valence-electron chi connectivity index (χ3n) is 5.76. The van der Waals surface area contributed by atoms with E-state index in [9.17, 15) is 9.18 Å². The third-order valence-corrected chi connectivity index (χ3v) is 5.76. The Morgan fingerprint density at radius 2 is 1.85 bits per heavy atom. The second-order valence-corrected chi connectivity index (χ2v) is 8.50. The molecule has 0 radical (unpaired) electrons. The molecule has 4 aromatic rings. The van der Waals surface area contributed by atoms with Crippen LogP contribution >= 0.6 is 0 Å². The topological polar surface area (TPSA) is 71.8 Å². The number of aryl methyl sites for hydroxylation is 2. The first-order valence-electron chi connectivity index (χ1n) is 11.2. The van der Waals surface area contributed by atoms with Gasteiger partial charge in [-0.1, -0.05) is 49.4 Å². The van der Waals surface area contributed by atoms with Crippen molar-refractivity contribution in [3.63, 3.8) is 0 Å². The minimum atomic E-state index is -0.614. The van der Waals surface area contributed by atoms with Crippen molar-refractivity contribution in [1.82, 2.24) is 20.1 Å². The van der Waals surface area contributed by atoms with Crippen molar-refractivity contribution in [3.8, 4) is 11.1 Å². The molecule has 0 unspecified atom stereocenters. The van der Waals surface area contributed by atoms with Gasteiger partial charge >= 0.3 is 0 Å². The largest absolute Gasteiger partial charge is 0.309 e. The van der Waals surface area contributed by atoms with Gasteiger partial charge in [0.05, 0.1) is 6.20 Å². The van der Waals surface area contributed by atoms with Crippen LogP contribution in [0.2, 0.25) is 0 Å². The van der Waals surface area contributed by atoms with Gasteiger partial charge in [0, 0.05) is 37.1 Å². The van der Waals surface area contributed by atoms with Gasteiger partial charge in [-0.15, -0.1) is 0 Å². The number of aromatic nitrogens is 3. The predicted octanol–water partition coefficient (Wildman–Crippen LogP) is 5.00. The van der Waals surface area contributed by atoms with E-state index >= 15 is 0 Å². The van der Waals surface area contributed by atoms with Crippen molar-refractivity contribution < 1.29 is 9.18 Å². The molecule has 4 rings (SSSR count). The fraction of sp³-hybridized carbons (Fsp3) is 0.222. The summed E-state index contributed by atoms with van der Waals surface area (Å²) in [6.07, 6.45) is 5.38. The Kier molecular flexibility index (Phi) is 7.13. The van der Waals surface area contributed by atoms with E-state index in [0.29, 0.717) is 17.9 Å². The maximum atomic E-state index is 14.4. The highest BCUT2D eigenvalue weighted by atomic mass is 19.1. The number of anilines is 1. The normalized spacial score (nSPS) is 12.8. The lowest BCUT2D eigenvalue weighted by Gasteiger charge is -2.22. The molecule has 0 saturated carbocycles. The standard InChI is InChI=1S/C27H28FN5O/c1-18-9-11-23(24(28)13-18)19(2)14-30-26(20-7-5-4-6-8-20)27(34)32-25-12-10-21(15-29-25)22-16-31-33(3)17-22/h4-13,15-17,19,26,30H,14H2,1-3H3,(H,29,32,34)/t19-,26+/m0/s1. The summed E-state index contributed by atoms with van der Waals surface area (Å²) in [6, 6.07) is 17.8. The molecule has 2 atom stereocenters. The van der Waals surface area contributed by atoms with Gasteiger partial charge in [-0.2, -0.15) is 5.10 Å². The van der Waals surface area contributed by atoms with Crippen molar-refractivity contribution in [2.45, 2.75) is 25.8 Å². The molecule has 6 nitrogen and oxygen atoms in total. The van der Waals surface area contributed by atoms with Crippen LogP contribution in [0.1, 0.15) is 35.6 Å². The van der Waals surface area contributed by atoms with E-state index in [0.717, 1.165) is 22.3 Å². The number of halogens is 1. The summed E-state index contributed by atoms with van der Waals surface area (Å²) in [7, 11) is 1.86. The number of hydrogen-bond donors (Lipinski definition) is 2. The molecule has 2 N–H and O–H groups in total. The van der Waals surface area contributed by atoms with E-state index in [1.54, 1.807) is 23.1 Å². The SMILES string of the molecule is Cc1ccc([C@@H](C)CN[C@@H](C(=O)Nc2ccc(-c3cnn(C)c3)cn2)c2ccccc2)c(F)c1. The Labute approximate surface area is 198 Å². The van der Waals surface area contributed by atoms with Crippen molar-refractivity contribution in [2.24, 2.45) is 7.05 Å². The maximum absolute atomic E-state index is 14.4. The van der Waals surface area contributed by atoms with Gasteiger partial charge in [-0.05, 0) is 47.7 Å². The van der Waals surface area contributed by atoms with Crippen LogP contribution in [0, 0.1) is 12.7 Å². The average molecular weight is 458 g/mol. The summed E-state index contributed by atoms with van der Waals surface area (Å²) in [5.74, 6) is -0.119. The van der Waals surface area contributed by atoms with Crippen LogP contribution in [-0.4, -0.2) is 27.2 Å². The highest BCUT2D eigenvalue weighted by molar-refractivity contribution is 5.95. The summed E-state index contributed by atoms with van der Waals surface area (Å²) in [6.45, 7) is 4.24. The van der Waals surface area contributed by atoms with Crippen molar-refractivity contribution in [3.05, 3.63) is 102 Å². The van der Waals surface area contributed by atoms with Crippen LogP contribution in [-0.2, 0) is 11.8 Å². The van der Waals surface area contributed by atoms with Crippen LogP contribution in [0.25, 0.3) is 11.1 Å². The summed E-state index contributed by atoms with van der Waals surface area (Å²) in [5.41, 5.74) is 4.19. The van der Waals surface area contributed by atoms with E-state index in [1.165, 1.54) is 6.07 Å². The lowest BCUT2D eigenvalue weighted by atomic mass is 9.98. The number of amides is 1. The molecule has 0 saturated heterocycles. The number of carbonyl (C=O) groups excluding carboxylic acids is 1. The number of rotatable bonds is 8. The minimum absolute atomic E-state index is 0.114. The molecule has 0 aliphatic heterocycles. The Morgan fingerprint density at radius 3 is 2.50 bits per heavy atom. The molecule has 0 aliphatic carbocycles. The maximum Gasteiger partial charge on any atom is 0.247 e. The van der Waals surface area contributed by atoms with E-state index in [1.807, 2.05) is 75.6 Å². The van der Waals surface area contributed by atoms with Crippen LogP contribution in [0.15, 0.2) is 79.3 Å². The van der Waals surface area contributed by atoms with Gasteiger partial charge in [-0.3, -0.25) is 9.48 Å². The molecule has 2 heterocycles. The van der Waals surface area contributed by atoms with Gasteiger partial charge in [-0.25, -0.2) is 9.37 Å². The second-order valence-electron chi connectivity index (χ2n) is 8.50. The van der Waals surface area contributed by atoms with Crippen molar-refractivity contribution in [1.29, 1.82) is 0 Å². The predicted molar refractivity (Wildman–Crippen MR) is 132 cm³/mol. The monoisotopic (exact) mass is 457 g/mol. The number of pyridine rings is 1. The molecule has 2 aromatic carbocycles. The number of hydrogen-bond acceptors (Lipinski definition) is 4. The summed E-state index contributed by atoms with van der Waals surface area (Å²) in [5, 5.41) is 10.4. The highest BCUT2D eigenvalue weighted by Crippen LogP contribution is 2.23. The lowest BCUT2D eigenvalue weighted by Crippen LogP contribution is -2.35. The number of benzene rings is 2. The van der Waals surface area contributed by atoms with E-state index in [4.69, 9.17) is 0 Å². The molecular weight excluding hydrogens is 429 g/mol. The molecule has 34 heavy (non-hydrogen) atoms. The molecule has 0 aliphatic rings. The molecule has 0 spiro atoms. The van der Waals surface area contributed by atoms with Crippen molar-refractivity contribution >= 4 is 11.7 Å². The minimum Gasteiger partial charge on any atom is -0.309 e. The fourth-order valence-electron chi connectivity index (χ4n) is 3.85. The zero-order chi connectivity index (χ0) is 24.1. The van der Waals surface area contributed by atoms with Gasteiger partial charge in [0.1, 0.15) is 17.7 Å². The summed E-state index contributed by atoms with van der Waals surface area (Å²) >= 11 is 0. The Morgan fingerprint density at radius 1 is 1.06 bits per heavy atom. The van der Waals surface area contributed by atoms with Crippen LogP contribution < -0.4 is 10.6 Å². The number of nitrogens with zero attached hydrogens (tertiary/aromatic N) is 3. The Bertz CT molecular complexity index is 1250. The van der Waals surface area contributed by atoms with Crippen molar-refractivity contribution in [2.75, 3.05) is 11.9 Å². The molecule has 0 fully saturated rings. The molecule has 1 amide bonds. The van der Waals surface area contributed by atoms with Gasteiger partial charge in [0.25, 0.3) is 0 Å². The quantitative estimate of drug-likeness (QED) is 0.391. The average Bonchev–Trinajstić information content (AvgIpc) is 3.26. The molecule has 7 heteroatoms. The van der Waals surface area contributed by atoms with Gasteiger partial charge in [0.15, 0.2) is 0 Å². The van der Waals surface area contributed by atoms with Crippen LogP contribution in [0.5, 0.6) is 0 Å². The molecule has 0 bridgehead atoms. The number of nitrogens with one attached hydrogen (secondary N) is 2. The fourth-order valence-corrected chi connectivity index (χ4v) is 3.85. The zero-order valence-corrected chi connectivity index (χ0v) is 19.5. The molecular formula is C27H28FN5O. The van der Waals surface area contributed by atoms with Crippen LogP contribution in [0.3, 0.4) is 0 Å². The first kappa shape index (κ1) is 23.3. The second kappa shape index (κ2) is 10.4. The number of carbonyl (C=O) groups is 1. The highest BCUT2D eigenvalue weighted by Gasteiger charge is 2.22. The molecule has 174 valence electrons. The zero-order valence-electron chi connectivity index (χ0n) is 19.5. The van der Waals surface area contributed by atoms with E-state index in [2.05, 4.69) is 20.7 Å². The first-order valence-corrected chi connectivity index (χ1v) is 11.2. The Hall–Kier alpha value is -3.84. The Balaban J connectivity index is 1.47. The molecule has 2 aromatic heterocycles. The third kappa shape index (κ3) is 5.55. The smallest absolute Gasteiger partial charge is 0.247 e.